The van der Waals surface area contributed by atoms with Crippen molar-refractivity contribution >= 4 is 5.71 Å². The van der Waals surface area contributed by atoms with E-state index in [2.05, 4.69) is 23.4 Å². The van der Waals surface area contributed by atoms with Crippen LogP contribution in [-0.4, -0.2) is 10.9 Å². The zero-order chi connectivity index (χ0) is 10.3. The first-order valence-electron chi connectivity index (χ1n) is 5.73. The maximum Gasteiger partial charge on any atom is 0.0870 e. The summed E-state index contributed by atoms with van der Waals surface area (Å²) in [7, 11) is 0. The minimum absolute atomic E-state index is 0.718. The van der Waals surface area contributed by atoms with E-state index < -0.39 is 0 Å². The Morgan fingerprint density at radius 3 is 3.00 bits per heavy atom. The number of benzene rings is 1. The van der Waals surface area contributed by atoms with Crippen LogP contribution in [-0.2, 0) is 6.42 Å². The third kappa shape index (κ3) is 1.28. The SMILES string of the molecule is ON=C1CCC2CCCc3cccc1c32. The van der Waals surface area contributed by atoms with Crippen molar-refractivity contribution in [2.45, 2.75) is 38.0 Å². The summed E-state index contributed by atoms with van der Waals surface area (Å²) in [5.41, 5.74) is 5.03. The van der Waals surface area contributed by atoms with Gasteiger partial charge in [-0.15, -0.1) is 0 Å². The highest BCUT2D eigenvalue weighted by molar-refractivity contribution is 6.03. The van der Waals surface area contributed by atoms with Crippen molar-refractivity contribution in [2.24, 2.45) is 5.16 Å². The Bertz CT molecular complexity index is 423. The van der Waals surface area contributed by atoms with Gasteiger partial charge in [-0.3, -0.25) is 0 Å². The highest BCUT2D eigenvalue weighted by Crippen LogP contribution is 2.41. The van der Waals surface area contributed by atoms with Crippen LogP contribution in [0.3, 0.4) is 0 Å². The van der Waals surface area contributed by atoms with Crippen molar-refractivity contribution < 1.29 is 5.21 Å². The number of hydrogen-bond acceptors (Lipinski definition) is 2. The summed E-state index contributed by atoms with van der Waals surface area (Å²) in [6, 6.07) is 6.42. The molecule has 1 unspecified atom stereocenters. The van der Waals surface area contributed by atoms with Crippen molar-refractivity contribution in [2.75, 3.05) is 0 Å². The fourth-order valence-corrected chi connectivity index (χ4v) is 3.09. The second-order valence-corrected chi connectivity index (χ2v) is 4.55. The molecule has 2 aliphatic rings. The van der Waals surface area contributed by atoms with E-state index in [9.17, 15) is 0 Å². The molecule has 15 heavy (non-hydrogen) atoms. The second-order valence-electron chi connectivity index (χ2n) is 4.55. The Labute approximate surface area is 89.6 Å². The van der Waals surface area contributed by atoms with Gasteiger partial charge in [0.1, 0.15) is 0 Å². The number of hydrogen-bond donors (Lipinski definition) is 1. The van der Waals surface area contributed by atoms with Gasteiger partial charge in [0.25, 0.3) is 0 Å². The van der Waals surface area contributed by atoms with Gasteiger partial charge in [-0.25, -0.2) is 0 Å². The smallest absolute Gasteiger partial charge is 0.0870 e. The fraction of sp³-hybridized carbons (Fsp3) is 0.462. The van der Waals surface area contributed by atoms with E-state index >= 15 is 0 Å². The quantitative estimate of drug-likeness (QED) is 0.507. The number of rotatable bonds is 0. The van der Waals surface area contributed by atoms with E-state index in [-0.39, 0.29) is 0 Å². The lowest BCUT2D eigenvalue weighted by atomic mass is 9.73. The lowest BCUT2D eigenvalue weighted by molar-refractivity contribution is 0.316. The summed E-state index contributed by atoms with van der Waals surface area (Å²) in [6.45, 7) is 0. The van der Waals surface area contributed by atoms with E-state index in [1.807, 2.05) is 0 Å². The van der Waals surface area contributed by atoms with Gasteiger partial charge >= 0.3 is 0 Å². The zero-order valence-electron chi connectivity index (χ0n) is 8.74. The van der Waals surface area contributed by atoms with E-state index in [4.69, 9.17) is 5.21 Å². The van der Waals surface area contributed by atoms with Gasteiger partial charge in [0.2, 0.25) is 0 Å². The third-order valence-corrected chi connectivity index (χ3v) is 3.76. The molecule has 0 saturated carbocycles. The lowest BCUT2D eigenvalue weighted by Crippen LogP contribution is -2.21. The molecular formula is C13H15NO. The first-order valence-corrected chi connectivity index (χ1v) is 5.73. The normalized spacial score (nSPS) is 26.4. The predicted molar refractivity (Wildman–Crippen MR) is 59.7 cm³/mol. The molecule has 0 amide bonds. The molecule has 1 atom stereocenters. The number of oxime groups is 1. The summed E-state index contributed by atoms with van der Waals surface area (Å²) in [5.74, 6) is 0.718. The highest BCUT2D eigenvalue weighted by atomic mass is 16.4. The van der Waals surface area contributed by atoms with E-state index in [0.29, 0.717) is 0 Å². The van der Waals surface area contributed by atoms with Gasteiger partial charge in [-0.1, -0.05) is 23.4 Å². The molecule has 78 valence electrons. The maximum absolute atomic E-state index is 8.99. The first-order chi connectivity index (χ1) is 7.40. The van der Waals surface area contributed by atoms with Crippen molar-refractivity contribution in [3.8, 4) is 0 Å². The standard InChI is InChI=1S/C13H15NO/c15-14-12-8-7-10-4-1-3-9-5-2-6-11(12)13(9)10/h2,5-6,10,15H,1,3-4,7-8H2. The van der Waals surface area contributed by atoms with Crippen LogP contribution in [0.4, 0.5) is 0 Å². The number of nitrogens with zero attached hydrogens (tertiary/aromatic N) is 1. The van der Waals surface area contributed by atoms with Gasteiger partial charge in [-0.2, -0.15) is 0 Å². The van der Waals surface area contributed by atoms with E-state index in [1.165, 1.54) is 36.0 Å². The second kappa shape index (κ2) is 3.37. The van der Waals surface area contributed by atoms with E-state index in [0.717, 1.165) is 24.5 Å². The number of aryl methyl sites for hydroxylation is 1. The molecular weight excluding hydrogens is 186 g/mol. The Balaban J connectivity index is 2.22. The highest BCUT2D eigenvalue weighted by Gasteiger charge is 2.28. The lowest BCUT2D eigenvalue weighted by Gasteiger charge is -2.32. The van der Waals surface area contributed by atoms with Gasteiger partial charge in [0, 0.05) is 5.56 Å². The molecule has 1 N–H and O–H groups in total. The third-order valence-electron chi connectivity index (χ3n) is 3.76. The van der Waals surface area contributed by atoms with Gasteiger partial charge in [-0.05, 0) is 49.1 Å². The van der Waals surface area contributed by atoms with Crippen molar-refractivity contribution in [1.82, 2.24) is 0 Å². The molecule has 0 aromatic heterocycles. The van der Waals surface area contributed by atoms with Gasteiger partial charge in [0.15, 0.2) is 0 Å². The molecule has 2 heteroatoms. The van der Waals surface area contributed by atoms with Crippen LogP contribution >= 0.6 is 0 Å². The summed E-state index contributed by atoms with van der Waals surface area (Å²) in [6.07, 6.45) is 5.90. The minimum Gasteiger partial charge on any atom is -0.411 e. The Hall–Kier alpha value is -1.31. The molecule has 2 aliphatic carbocycles. The molecule has 0 heterocycles. The molecule has 0 aliphatic heterocycles. The average molecular weight is 201 g/mol. The molecule has 1 aromatic carbocycles. The average Bonchev–Trinajstić information content (AvgIpc) is 2.30. The summed E-state index contributed by atoms with van der Waals surface area (Å²) < 4.78 is 0. The van der Waals surface area contributed by atoms with Crippen LogP contribution in [0.2, 0.25) is 0 Å². The predicted octanol–water partition coefficient (Wildman–Crippen LogP) is 3.08. The molecule has 2 nitrogen and oxygen atoms in total. The van der Waals surface area contributed by atoms with Crippen molar-refractivity contribution in [3.05, 3.63) is 34.9 Å². The van der Waals surface area contributed by atoms with Gasteiger partial charge in [0.05, 0.1) is 5.71 Å². The molecule has 1 aromatic rings. The first kappa shape index (κ1) is 8.96. The molecule has 0 spiro atoms. The van der Waals surface area contributed by atoms with Crippen molar-refractivity contribution in [3.63, 3.8) is 0 Å². The largest absolute Gasteiger partial charge is 0.411 e. The molecule has 3 rings (SSSR count). The Morgan fingerprint density at radius 1 is 1.20 bits per heavy atom. The summed E-state index contributed by atoms with van der Waals surface area (Å²) in [4.78, 5) is 0. The van der Waals surface area contributed by atoms with Gasteiger partial charge < -0.3 is 5.21 Å². The molecule has 0 saturated heterocycles. The fourth-order valence-electron chi connectivity index (χ4n) is 3.09. The maximum atomic E-state index is 8.99. The molecule has 0 radical (unpaired) electrons. The topological polar surface area (TPSA) is 32.6 Å². The zero-order valence-corrected chi connectivity index (χ0v) is 8.74. The molecule has 0 bridgehead atoms. The molecule has 0 fully saturated rings. The Kier molecular flexibility index (Phi) is 2.01. The summed E-state index contributed by atoms with van der Waals surface area (Å²) >= 11 is 0. The van der Waals surface area contributed by atoms with E-state index in [1.54, 1.807) is 0 Å². The van der Waals surface area contributed by atoms with Crippen LogP contribution < -0.4 is 0 Å². The van der Waals surface area contributed by atoms with Crippen LogP contribution in [0.25, 0.3) is 0 Å². The summed E-state index contributed by atoms with van der Waals surface area (Å²) in [5, 5.41) is 12.4. The minimum atomic E-state index is 0.718. The van der Waals surface area contributed by atoms with Crippen molar-refractivity contribution in [1.29, 1.82) is 0 Å². The van der Waals surface area contributed by atoms with Crippen LogP contribution in [0.1, 0.15) is 48.3 Å². The monoisotopic (exact) mass is 201 g/mol. The van der Waals surface area contributed by atoms with Crippen LogP contribution in [0.5, 0.6) is 0 Å². The van der Waals surface area contributed by atoms with Crippen LogP contribution in [0.15, 0.2) is 23.4 Å². The Morgan fingerprint density at radius 2 is 2.13 bits per heavy atom. The van der Waals surface area contributed by atoms with Crippen LogP contribution in [0, 0.1) is 0 Å².